The van der Waals surface area contributed by atoms with E-state index < -0.39 is 28.4 Å². The van der Waals surface area contributed by atoms with Gasteiger partial charge in [-0.1, -0.05) is 0 Å². The molecule has 0 amide bonds. The third-order valence-corrected chi connectivity index (χ3v) is 2.82. The zero-order valence-corrected chi connectivity index (χ0v) is 9.66. The Kier molecular flexibility index (Phi) is 3.09. The van der Waals surface area contributed by atoms with Crippen LogP contribution in [0.5, 0.6) is 5.75 Å². The minimum atomic E-state index is -1.20. The van der Waals surface area contributed by atoms with E-state index in [1.54, 1.807) is 0 Å². The summed E-state index contributed by atoms with van der Waals surface area (Å²) in [6.45, 7) is 0. The molecule has 0 radical (unpaired) electrons. The van der Waals surface area contributed by atoms with Gasteiger partial charge in [-0.25, -0.2) is 0 Å². The van der Waals surface area contributed by atoms with E-state index in [-0.39, 0.29) is 11.8 Å². The highest BCUT2D eigenvalue weighted by Crippen LogP contribution is 2.36. The molecule has 1 unspecified atom stereocenters. The number of nitro benzene ring substituents is 1. The minimum Gasteiger partial charge on any atom is -0.502 e. The molecule has 0 saturated heterocycles. The van der Waals surface area contributed by atoms with E-state index in [4.69, 9.17) is 10.8 Å². The fourth-order valence-corrected chi connectivity index (χ4v) is 1.93. The Labute approximate surface area is 106 Å². The van der Waals surface area contributed by atoms with Gasteiger partial charge in [-0.05, 0) is 17.7 Å². The number of nitrogens with zero attached hydrogens (tertiary/aromatic N) is 1. The number of aromatic hydroxyl groups is 1. The Hall–Kier alpha value is -2.61. The lowest BCUT2D eigenvalue weighted by Crippen LogP contribution is -2.32. The van der Waals surface area contributed by atoms with Crippen molar-refractivity contribution in [1.29, 1.82) is 0 Å². The number of aliphatic carboxylic acids is 1. The second-order valence-electron chi connectivity index (χ2n) is 4.08. The SMILES string of the molecule is NC(Cc1c[nH]c2ccc(O)c([N+](=O)[O-])c12)C(=O)O. The van der Waals surface area contributed by atoms with Crippen molar-refractivity contribution in [1.82, 2.24) is 4.98 Å². The Balaban J connectivity index is 2.60. The molecule has 0 bridgehead atoms. The number of nitrogens with one attached hydrogen (secondary N) is 1. The van der Waals surface area contributed by atoms with Crippen LogP contribution in [0.1, 0.15) is 5.56 Å². The topological polar surface area (TPSA) is 142 Å². The van der Waals surface area contributed by atoms with Crippen LogP contribution in [-0.2, 0) is 11.2 Å². The Morgan fingerprint density at radius 3 is 2.79 bits per heavy atom. The summed E-state index contributed by atoms with van der Waals surface area (Å²) in [5, 5.41) is 29.5. The molecule has 1 aromatic carbocycles. The molecule has 0 aliphatic rings. The van der Waals surface area contributed by atoms with Crippen molar-refractivity contribution in [2.75, 3.05) is 0 Å². The number of phenolic OH excluding ortho intramolecular Hbond substituents is 1. The van der Waals surface area contributed by atoms with Crippen molar-refractivity contribution in [2.45, 2.75) is 12.5 Å². The Bertz CT molecular complexity index is 664. The van der Waals surface area contributed by atoms with E-state index in [2.05, 4.69) is 4.98 Å². The lowest BCUT2D eigenvalue weighted by molar-refractivity contribution is -0.384. The molecular weight excluding hydrogens is 254 g/mol. The van der Waals surface area contributed by atoms with E-state index >= 15 is 0 Å². The third-order valence-electron chi connectivity index (χ3n) is 2.82. The van der Waals surface area contributed by atoms with Gasteiger partial charge < -0.3 is 20.9 Å². The number of carboxylic acids is 1. The minimum absolute atomic E-state index is 0.0698. The summed E-state index contributed by atoms with van der Waals surface area (Å²) in [5.74, 6) is -1.67. The number of carboxylic acid groups (broad SMARTS) is 1. The smallest absolute Gasteiger partial charge is 0.320 e. The van der Waals surface area contributed by atoms with Crippen LogP contribution in [0.25, 0.3) is 10.9 Å². The van der Waals surface area contributed by atoms with Gasteiger partial charge in [0, 0.05) is 12.6 Å². The maximum Gasteiger partial charge on any atom is 0.320 e. The molecule has 8 nitrogen and oxygen atoms in total. The molecule has 100 valence electrons. The van der Waals surface area contributed by atoms with Crippen molar-refractivity contribution in [2.24, 2.45) is 5.73 Å². The van der Waals surface area contributed by atoms with Crippen molar-refractivity contribution < 1.29 is 19.9 Å². The van der Waals surface area contributed by atoms with E-state index in [1.165, 1.54) is 18.3 Å². The van der Waals surface area contributed by atoms with Crippen LogP contribution >= 0.6 is 0 Å². The van der Waals surface area contributed by atoms with E-state index in [1.807, 2.05) is 0 Å². The largest absolute Gasteiger partial charge is 0.502 e. The van der Waals surface area contributed by atoms with Crippen LogP contribution in [0.4, 0.5) is 5.69 Å². The van der Waals surface area contributed by atoms with Gasteiger partial charge in [0.05, 0.1) is 15.8 Å². The molecule has 0 saturated carbocycles. The molecule has 1 atom stereocenters. The van der Waals surface area contributed by atoms with Crippen molar-refractivity contribution >= 4 is 22.6 Å². The van der Waals surface area contributed by atoms with Gasteiger partial charge in [0.15, 0.2) is 5.75 Å². The van der Waals surface area contributed by atoms with Crippen molar-refractivity contribution in [3.63, 3.8) is 0 Å². The molecule has 19 heavy (non-hydrogen) atoms. The van der Waals surface area contributed by atoms with Crippen LogP contribution in [0.3, 0.4) is 0 Å². The highest BCUT2D eigenvalue weighted by atomic mass is 16.6. The summed E-state index contributed by atoms with van der Waals surface area (Å²) in [7, 11) is 0. The number of phenols is 1. The molecule has 0 spiro atoms. The van der Waals surface area contributed by atoms with Gasteiger partial charge >= 0.3 is 11.7 Å². The van der Waals surface area contributed by atoms with Gasteiger partial charge in [-0.15, -0.1) is 0 Å². The summed E-state index contributed by atoms with van der Waals surface area (Å²) in [6.07, 6.45) is 1.39. The maximum absolute atomic E-state index is 11.0. The van der Waals surface area contributed by atoms with E-state index in [0.29, 0.717) is 11.1 Å². The monoisotopic (exact) mass is 265 g/mol. The van der Waals surface area contributed by atoms with Crippen molar-refractivity contribution in [3.05, 3.63) is 34.0 Å². The summed E-state index contributed by atoms with van der Waals surface area (Å²) >= 11 is 0. The molecule has 0 aliphatic carbocycles. The molecule has 0 fully saturated rings. The molecule has 1 heterocycles. The molecule has 5 N–H and O–H groups in total. The fraction of sp³-hybridized carbons (Fsp3) is 0.182. The number of rotatable bonds is 4. The molecule has 8 heteroatoms. The van der Waals surface area contributed by atoms with Crippen LogP contribution in [-0.4, -0.2) is 32.1 Å². The average molecular weight is 265 g/mol. The number of benzene rings is 1. The first-order valence-electron chi connectivity index (χ1n) is 5.36. The third kappa shape index (κ3) is 2.20. The molecular formula is C11H11N3O5. The van der Waals surface area contributed by atoms with E-state index in [0.717, 1.165) is 0 Å². The predicted octanol–water partition coefficient (Wildman–Crippen LogP) is 0.736. The first kappa shape index (κ1) is 12.8. The standard InChI is InChI=1S/C11H11N3O5/c12-6(11(16)17)3-5-4-13-7-1-2-8(15)10(9(5)7)14(18)19/h1-2,4,6,13,15H,3,12H2,(H,16,17). The average Bonchev–Trinajstić information content (AvgIpc) is 2.71. The van der Waals surface area contributed by atoms with Gasteiger partial charge in [0.2, 0.25) is 0 Å². The summed E-state index contributed by atoms with van der Waals surface area (Å²) in [6, 6.07) is 1.52. The zero-order valence-electron chi connectivity index (χ0n) is 9.66. The molecule has 0 aliphatic heterocycles. The Morgan fingerprint density at radius 2 is 2.21 bits per heavy atom. The number of hydrogen-bond acceptors (Lipinski definition) is 5. The van der Waals surface area contributed by atoms with Gasteiger partial charge in [0.1, 0.15) is 6.04 Å². The number of nitro groups is 1. The van der Waals surface area contributed by atoms with E-state index in [9.17, 15) is 20.0 Å². The van der Waals surface area contributed by atoms with Crippen LogP contribution in [0, 0.1) is 10.1 Å². The normalized spacial score (nSPS) is 12.5. The van der Waals surface area contributed by atoms with Crippen LogP contribution < -0.4 is 5.73 Å². The second kappa shape index (κ2) is 4.58. The van der Waals surface area contributed by atoms with Gasteiger partial charge in [-0.3, -0.25) is 14.9 Å². The molecule has 1 aromatic heterocycles. The first-order chi connectivity index (χ1) is 8.91. The lowest BCUT2D eigenvalue weighted by Gasteiger charge is -2.05. The summed E-state index contributed by atoms with van der Waals surface area (Å²) < 4.78 is 0. The summed E-state index contributed by atoms with van der Waals surface area (Å²) in [4.78, 5) is 23.8. The van der Waals surface area contributed by atoms with Crippen LogP contribution in [0.2, 0.25) is 0 Å². The molecule has 2 rings (SSSR count). The number of hydrogen-bond donors (Lipinski definition) is 4. The number of carbonyl (C=O) groups is 1. The van der Waals surface area contributed by atoms with Gasteiger partial charge in [0.25, 0.3) is 0 Å². The number of aromatic nitrogens is 1. The number of aromatic amines is 1. The lowest BCUT2D eigenvalue weighted by atomic mass is 10.0. The first-order valence-corrected chi connectivity index (χ1v) is 5.36. The highest BCUT2D eigenvalue weighted by molar-refractivity contribution is 5.94. The predicted molar refractivity (Wildman–Crippen MR) is 65.9 cm³/mol. The van der Waals surface area contributed by atoms with Gasteiger partial charge in [-0.2, -0.15) is 0 Å². The van der Waals surface area contributed by atoms with Crippen molar-refractivity contribution in [3.8, 4) is 5.75 Å². The maximum atomic E-state index is 11.0. The number of fused-ring (bicyclic) bond motifs is 1. The quantitative estimate of drug-likeness (QED) is 0.474. The fourth-order valence-electron chi connectivity index (χ4n) is 1.93. The highest BCUT2D eigenvalue weighted by Gasteiger charge is 2.24. The number of H-pyrrole nitrogens is 1. The molecule has 2 aromatic rings. The van der Waals surface area contributed by atoms with Crippen LogP contribution in [0.15, 0.2) is 18.3 Å². The number of nitrogens with two attached hydrogens (primary N) is 1. The summed E-state index contributed by atoms with van der Waals surface area (Å²) in [5.41, 5.74) is 5.79. The second-order valence-corrected chi connectivity index (χ2v) is 4.08. The zero-order chi connectivity index (χ0) is 14.2. The Morgan fingerprint density at radius 1 is 1.53 bits per heavy atom.